The van der Waals surface area contributed by atoms with Crippen molar-refractivity contribution < 1.29 is 28.6 Å². The lowest BCUT2D eigenvalue weighted by atomic mass is 9.44. The summed E-state index contributed by atoms with van der Waals surface area (Å²) >= 11 is 4.16. The van der Waals surface area contributed by atoms with Crippen molar-refractivity contribution in [2.75, 3.05) is 13.2 Å². The first kappa shape index (κ1) is 21.9. The van der Waals surface area contributed by atoms with E-state index in [1.54, 1.807) is 0 Å². The highest BCUT2D eigenvalue weighted by molar-refractivity contribution is 9.10. The van der Waals surface area contributed by atoms with Crippen LogP contribution in [0.25, 0.3) is 0 Å². The lowest BCUT2D eigenvalue weighted by Gasteiger charge is -2.62. The minimum atomic E-state index is -0.389. The van der Waals surface area contributed by atoms with Crippen molar-refractivity contribution in [1.82, 2.24) is 0 Å². The van der Waals surface area contributed by atoms with Crippen LogP contribution in [0.1, 0.15) is 65.2 Å². The fourth-order valence-corrected chi connectivity index (χ4v) is 9.98. The number of esters is 1. The van der Waals surface area contributed by atoms with E-state index in [1.165, 1.54) is 6.92 Å². The monoisotopic (exact) mass is 496 g/mol. The van der Waals surface area contributed by atoms with E-state index in [-0.39, 0.29) is 51.6 Å². The summed E-state index contributed by atoms with van der Waals surface area (Å²) in [6, 6.07) is 0. The molecule has 0 amide bonds. The van der Waals surface area contributed by atoms with E-state index in [9.17, 15) is 14.4 Å². The maximum Gasteiger partial charge on any atom is 0.303 e. The molecule has 2 bridgehead atoms. The summed E-state index contributed by atoms with van der Waals surface area (Å²) in [5.41, 5.74) is 0.0725. The number of Topliss-reactive ketones (excluding diaryl/α,β-unsaturated/α-hetero) is 1. The van der Waals surface area contributed by atoms with Gasteiger partial charge in [-0.3, -0.25) is 14.4 Å². The van der Waals surface area contributed by atoms with Crippen molar-refractivity contribution in [3.8, 4) is 0 Å². The molecule has 0 aromatic rings. The average Bonchev–Trinajstić information content (AvgIpc) is 3.15. The summed E-state index contributed by atoms with van der Waals surface area (Å²) in [6.07, 6.45) is 7.97. The van der Waals surface area contributed by atoms with Crippen LogP contribution >= 0.6 is 15.9 Å². The third kappa shape index (κ3) is 3.01. The second-order valence-corrected chi connectivity index (χ2v) is 12.4. The van der Waals surface area contributed by atoms with Crippen LogP contribution in [0.5, 0.6) is 0 Å². The molecule has 5 fully saturated rings. The molecule has 9 atom stereocenters. The fraction of sp³-hybridized carbons (Fsp3) is 0.875. The smallest absolute Gasteiger partial charge is 0.303 e. The Morgan fingerprint density at radius 2 is 1.97 bits per heavy atom. The molecule has 0 radical (unpaired) electrons. The zero-order chi connectivity index (χ0) is 22.0. The fourth-order valence-electron chi connectivity index (χ4n) is 8.69. The van der Waals surface area contributed by atoms with Gasteiger partial charge in [-0.2, -0.15) is 0 Å². The molecular weight excluding hydrogens is 464 g/mol. The Morgan fingerprint density at radius 3 is 2.71 bits per heavy atom. The number of alkyl halides is 1. The molecule has 31 heavy (non-hydrogen) atoms. The van der Waals surface area contributed by atoms with Gasteiger partial charge in [0.05, 0.1) is 17.0 Å². The normalized spacial score (nSPS) is 50.0. The molecule has 1 saturated heterocycles. The molecule has 5 rings (SSSR count). The van der Waals surface area contributed by atoms with Gasteiger partial charge in [-0.05, 0) is 68.1 Å². The van der Waals surface area contributed by atoms with Crippen molar-refractivity contribution in [2.45, 2.75) is 81.7 Å². The largest absolute Gasteiger partial charge is 0.465 e. The van der Waals surface area contributed by atoms with E-state index in [4.69, 9.17) is 14.2 Å². The van der Waals surface area contributed by atoms with Gasteiger partial charge in [0.15, 0.2) is 5.78 Å². The van der Waals surface area contributed by atoms with E-state index in [0.29, 0.717) is 24.2 Å². The lowest BCUT2D eigenvalue weighted by Crippen LogP contribution is -2.63. The molecule has 5 aliphatic rings. The van der Waals surface area contributed by atoms with Crippen LogP contribution in [0, 0.1) is 34.5 Å². The predicted molar refractivity (Wildman–Crippen MR) is 115 cm³/mol. The van der Waals surface area contributed by atoms with Crippen LogP contribution in [-0.2, 0) is 28.6 Å². The summed E-state index contributed by atoms with van der Waals surface area (Å²) < 4.78 is 16.8. The molecule has 0 N–H and O–H groups in total. The van der Waals surface area contributed by atoms with Crippen LogP contribution in [0.3, 0.4) is 0 Å². The maximum atomic E-state index is 12.9. The summed E-state index contributed by atoms with van der Waals surface area (Å²) in [6.45, 7) is 4.95. The molecule has 1 aliphatic heterocycles. The van der Waals surface area contributed by atoms with Gasteiger partial charge in [0.1, 0.15) is 12.7 Å². The van der Waals surface area contributed by atoms with E-state index in [1.807, 2.05) is 0 Å². The van der Waals surface area contributed by atoms with Gasteiger partial charge >= 0.3 is 5.97 Å². The van der Waals surface area contributed by atoms with E-state index in [0.717, 1.165) is 58.0 Å². The molecule has 0 spiro atoms. The Morgan fingerprint density at radius 1 is 1.16 bits per heavy atom. The predicted octanol–water partition coefficient (Wildman–Crippen LogP) is 3.83. The van der Waals surface area contributed by atoms with Crippen molar-refractivity contribution in [3.63, 3.8) is 0 Å². The molecule has 4 aliphatic carbocycles. The molecule has 3 unspecified atom stereocenters. The number of hydrogen-bond donors (Lipinski definition) is 0. The van der Waals surface area contributed by atoms with Gasteiger partial charge in [-0.15, -0.1) is 0 Å². The van der Waals surface area contributed by atoms with Crippen molar-refractivity contribution in [3.05, 3.63) is 0 Å². The van der Waals surface area contributed by atoms with Crippen LogP contribution in [-0.4, -0.2) is 48.0 Å². The van der Waals surface area contributed by atoms with Crippen LogP contribution in [0.4, 0.5) is 0 Å². The summed E-state index contributed by atoms with van der Waals surface area (Å²) in [7, 11) is 0. The summed E-state index contributed by atoms with van der Waals surface area (Å²) in [4.78, 5) is 35.1. The lowest BCUT2D eigenvalue weighted by molar-refractivity contribution is -0.150. The molecule has 6 nitrogen and oxygen atoms in total. The highest BCUT2D eigenvalue weighted by Crippen LogP contribution is 2.72. The average molecular weight is 497 g/mol. The SMILES string of the molecule is CC(=O)OCC(=O)[C@H]1CCC2C3C[C@H]4OC[C@@]5(CC[C@H](OC=O)C[C@]45Br)C3CC[C@@]21C. The highest BCUT2D eigenvalue weighted by atomic mass is 79.9. The van der Waals surface area contributed by atoms with Gasteiger partial charge in [-0.1, -0.05) is 22.9 Å². The molecule has 1 heterocycles. The Bertz CT molecular complexity index is 786. The number of ketones is 1. The molecule has 172 valence electrons. The summed E-state index contributed by atoms with van der Waals surface area (Å²) in [5, 5.41) is 0. The quantitative estimate of drug-likeness (QED) is 0.327. The van der Waals surface area contributed by atoms with Crippen molar-refractivity contribution in [1.29, 1.82) is 0 Å². The zero-order valence-electron chi connectivity index (χ0n) is 18.4. The topological polar surface area (TPSA) is 78.9 Å². The Kier molecular flexibility index (Phi) is 5.32. The number of carbonyl (C=O) groups excluding carboxylic acids is 3. The first-order valence-electron chi connectivity index (χ1n) is 11.8. The van der Waals surface area contributed by atoms with Crippen LogP contribution < -0.4 is 0 Å². The van der Waals surface area contributed by atoms with Gasteiger partial charge in [0.2, 0.25) is 0 Å². The minimum absolute atomic E-state index is 0.0127. The number of rotatable bonds is 5. The maximum absolute atomic E-state index is 12.9. The van der Waals surface area contributed by atoms with E-state index in [2.05, 4.69) is 22.9 Å². The van der Waals surface area contributed by atoms with Crippen molar-refractivity contribution >= 4 is 34.2 Å². The number of ether oxygens (including phenoxy) is 3. The number of carbonyl (C=O) groups is 3. The second kappa shape index (κ2) is 7.54. The Balaban J connectivity index is 1.39. The van der Waals surface area contributed by atoms with Crippen LogP contribution in [0.2, 0.25) is 0 Å². The third-order valence-corrected chi connectivity index (χ3v) is 11.6. The number of fused-ring (bicyclic) bond motifs is 3. The highest BCUT2D eigenvalue weighted by Gasteiger charge is 2.72. The standard InChI is InChI=1S/C24H33BrO6/c1-14(27)29-11-20(28)19-4-3-17-16-9-21-24(25)10-15(31-13-26)5-8-23(24,12-30-21)18(16)6-7-22(17,19)2/h13,15-19,21H,3-12H2,1-2H3/t15-,16?,17?,18?,19+,21+,22-,23-,24-/m0/s1. The van der Waals surface area contributed by atoms with Crippen LogP contribution in [0.15, 0.2) is 0 Å². The third-order valence-electron chi connectivity index (χ3n) is 10.0. The van der Waals surface area contributed by atoms with Gasteiger partial charge in [0.25, 0.3) is 6.47 Å². The number of halogens is 1. The van der Waals surface area contributed by atoms with Gasteiger partial charge in [0, 0.05) is 24.7 Å². The summed E-state index contributed by atoms with van der Waals surface area (Å²) in [5.74, 6) is 1.34. The first-order chi connectivity index (χ1) is 14.7. The molecule has 4 saturated carbocycles. The van der Waals surface area contributed by atoms with Gasteiger partial charge < -0.3 is 14.2 Å². The molecule has 0 aromatic heterocycles. The van der Waals surface area contributed by atoms with E-state index < -0.39 is 0 Å². The molecule has 7 heteroatoms. The number of hydrogen-bond acceptors (Lipinski definition) is 6. The molecule has 0 aromatic carbocycles. The van der Waals surface area contributed by atoms with Gasteiger partial charge in [-0.25, -0.2) is 0 Å². The first-order valence-corrected chi connectivity index (χ1v) is 12.6. The Hall–Kier alpha value is -0.950. The Labute approximate surface area is 192 Å². The molecular formula is C24H33BrO6. The zero-order valence-corrected chi connectivity index (χ0v) is 20.0. The minimum Gasteiger partial charge on any atom is -0.465 e. The van der Waals surface area contributed by atoms with Crippen molar-refractivity contribution in [2.24, 2.45) is 34.5 Å². The second-order valence-electron chi connectivity index (χ2n) is 10.9. The van der Waals surface area contributed by atoms with E-state index >= 15 is 0 Å².